The van der Waals surface area contributed by atoms with Gasteiger partial charge in [0, 0.05) is 16.5 Å². The minimum absolute atomic E-state index is 0.102. The number of aromatic nitrogens is 1. The van der Waals surface area contributed by atoms with Crippen molar-refractivity contribution < 1.29 is 4.79 Å². The number of nitrogens with one attached hydrogen (secondary N) is 1. The Labute approximate surface area is 155 Å². The van der Waals surface area contributed by atoms with Crippen LogP contribution < -0.4 is 5.32 Å². The average Bonchev–Trinajstić information content (AvgIpc) is 3.31. The van der Waals surface area contributed by atoms with E-state index in [1.54, 1.807) is 0 Å². The number of rotatable bonds is 3. The number of thiazole rings is 1. The molecule has 0 radical (unpaired) electrons. The third kappa shape index (κ3) is 2.50. The molecule has 1 aliphatic carbocycles. The highest BCUT2D eigenvalue weighted by atomic mass is 32.1. The highest BCUT2D eigenvalue weighted by molar-refractivity contribution is 7.14. The van der Waals surface area contributed by atoms with Crippen LogP contribution in [0, 0.1) is 0 Å². The third-order valence-corrected chi connectivity index (χ3v) is 5.67. The predicted octanol–water partition coefficient (Wildman–Crippen LogP) is 5.31. The number of carbonyl (C=O) groups is 1. The van der Waals surface area contributed by atoms with Gasteiger partial charge in [0.25, 0.3) is 5.91 Å². The van der Waals surface area contributed by atoms with Crippen molar-refractivity contribution in [1.29, 1.82) is 0 Å². The largest absolute Gasteiger partial charge is 0.298 e. The van der Waals surface area contributed by atoms with Gasteiger partial charge in [-0.2, -0.15) is 0 Å². The normalized spacial score (nSPS) is 12.5. The van der Waals surface area contributed by atoms with Gasteiger partial charge in [-0.15, -0.1) is 11.3 Å². The molecule has 26 heavy (non-hydrogen) atoms. The third-order valence-electron chi connectivity index (χ3n) is 4.92. The van der Waals surface area contributed by atoms with Crippen molar-refractivity contribution in [3.8, 4) is 11.3 Å². The molecule has 0 atom stereocenters. The fraction of sp³-hybridized carbons (Fsp3) is 0.0909. The van der Waals surface area contributed by atoms with E-state index in [9.17, 15) is 4.79 Å². The number of amides is 1. The zero-order valence-corrected chi connectivity index (χ0v) is 14.8. The summed E-state index contributed by atoms with van der Waals surface area (Å²) in [6.45, 7) is 0. The summed E-state index contributed by atoms with van der Waals surface area (Å²) < 4.78 is 0. The molecule has 1 amide bonds. The summed E-state index contributed by atoms with van der Waals surface area (Å²) in [6, 6.07) is 20.3. The molecule has 0 saturated heterocycles. The van der Waals surface area contributed by atoms with E-state index in [1.807, 2.05) is 53.9 Å². The molecule has 3 aromatic carbocycles. The molecule has 0 saturated carbocycles. The summed E-state index contributed by atoms with van der Waals surface area (Å²) in [6.07, 6.45) is 2.12. The van der Waals surface area contributed by atoms with Gasteiger partial charge in [-0.05, 0) is 40.8 Å². The van der Waals surface area contributed by atoms with Crippen molar-refractivity contribution in [3.63, 3.8) is 0 Å². The van der Waals surface area contributed by atoms with Gasteiger partial charge in [0.15, 0.2) is 5.13 Å². The number of hydrogen-bond donors (Lipinski definition) is 1. The molecule has 0 aliphatic heterocycles. The lowest BCUT2D eigenvalue weighted by Gasteiger charge is -2.08. The van der Waals surface area contributed by atoms with Crippen molar-refractivity contribution in [2.45, 2.75) is 12.8 Å². The van der Waals surface area contributed by atoms with Gasteiger partial charge in [0.1, 0.15) is 0 Å². The second-order valence-corrected chi connectivity index (χ2v) is 7.33. The van der Waals surface area contributed by atoms with Crippen LogP contribution in [0.4, 0.5) is 5.13 Å². The van der Waals surface area contributed by atoms with E-state index in [0.29, 0.717) is 10.7 Å². The molecule has 1 aromatic heterocycles. The average molecular weight is 356 g/mol. The van der Waals surface area contributed by atoms with Crippen molar-refractivity contribution in [2.24, 2.45) is 0 Å². The van der Waals surface area contributed by atoms with Crippen LogP contribution >= 0.6 is 11.3 Å². The summed E-state index contributed by atoms with van der Waals surface area (Å²) in [5.74, 6) is -0.102. The van der Waals surface area contributed by atoms with E-state index in [2.05, 4.69) is 22.4 Å². The molecule has 4 heteroatoms. The van der Waals surface area contributed by atoms with Crippen LogP contribution in [-0.2, 0) is 12.8 Å². The molecule has 126 valence electrons. The molecular weight excluding hydrogens is 340 g/mol. The van der Waals surface area contributed by atoms with Gasteiger partial charge in [-0.1, -0.05) is 54.6 Å². The van der Waals surface area contributed by atoms with E-state index in [1.165, 1.54) is 27.8 Å². The second-order valence-electron chi connectivity index (χ2n) is 6.47. The zero-order valence-electron chi connectivity index (χ0n) is 14.0. The van der Waals surface area contributed by atoms with Crippen molar-refractivity contribution >= 4 is 33.1 Å². The Bertz CT molecular complexity index is 1120. The lowest BCUT2D eigenvalue weighted by molar-refractivity contribution is 0.102. The standard InChI is InChI=1S/C22H16N2OS/c25-21(24-22-23-19(13-26-22)14-5-2-1-3-6-14)18-12-11-16-10-9-15-7-4-8-17(18)20(15)16/h1-8,11-13H,9-10H2,(H,23,24,25). The molecule has 1 N–H and O–H groups in total. The van der Waals surface area contributed by atoms with Gasteiger partial charge in [-0.25, -0.2) is 4.98 Å². The maximum atomic E-state index is 12.9. The number of carbonyl (C=O) groups excluding carboxylic acids is 1. The molecule has 3 nitrogen and oxygen atoms in total. The lowest BCUT2D eigenvalue weighted by Crippen LogP contribution is -2.12. The Hall–Kier alpha value is -2.98. The van der Waals surface area contributed by atoms with Gasteiger partial charge in [0.2, 0.25) is 0 Å². The summed E-state index contributed by atoms with van der Waals surface area (Å²) in [5.41, 5.74) is 5.32. The van der Waals surface area contributed by atoms with Crippen LogP contribution in [0.15, 0.2) is 66.0 Å². The topological polar surface area (TPSA) is 42.0 Å². The highest BCUT2D eigenvalue weighted by Crippen LogP contribution is 2.33. The van der Waals surface area contributed by atoms with E-state index < -0.39 is 0 Å². The maximum absolute atomic E-state index is 12.9. The first-order chi connectivity index (χ1) is 12.8. The van der Waals surface area contributed by atoms with Crippen LogP contribution in [0.5, 0.6) is 0 Å². The molecule has 1 aliphatic rings. The second kappa shape index (κ2) is 6.07. The van der Waals surface area contributed by atoms with Crippen LogP contribution in [0.3, 0.4) is 0 Å². The van der Waals surface area contributed by atoms with E-state index >= 15 is 0 Å². The molecule has 1 heterocycles. The fourth-order valence-corrected chi connectivity index (χ4v) is 4.40. The SMILES string of the molecule is O=C(Nc1nc(-c2ccccc2)cs1)c1ccc2c3c(cccc13)CC2. The summed E-state index contributed by atoms with van der Waals surface area (Å²) in [5, 5.41) is 7.85. The summed E-state index contributed by atoms with van der Waals surface area (Å²) in [7, 11) is 0. The molecule has 5 rings (SSSR count). The molecule has 0 unspecified atom stereocenters. The Morgan fingerprint density at radius 2 is 1.73 bits per heavy atom. The van der Waals surface area contributed by atoms with Crippen LogP contribution in [0.25, 0.3) is 22.0 Å². The Morgan fingerprint density at radius 1 is 0.923 bits per heavy atom. The van der Waals surface area contributed by atoms with Gasteiger partial charge >= 0.3 is 0 Å². The fourth-order valence-electron chi connectivity index (χ4n) is 3.68. The number of hydrogen-bond acceptors (Lipinski definition) is 3. The van der Waals surface area contributed by atoms with Crippen LogP contribution in [0.1, 0.15) is 21.5 Å². The van der Waals surface area contributed by atoms with Gasteiger partial charge in [0.05, 0.1) is 5.69 Å². The van der Waals surface area contributed by atoms with Crippen LogP contribution in [0.2, 0.25) is 0 Å². The number of benzene rings is 3. The molecule has 0 fully saturated rings. The first-order valence-corrected chi connectivity index (χ1v) is 9.53. The number of aryl methyl sites for hydroxylation is 2. The van der Waals surface area contributed by atoms with E-state index in [4.69, 9.17) is 0 Å². The predicted molar refractivity (Wildman–Crippen MR) is 107 cm³/mol. The molecule has 0 bridgehead atoms. The Balaban J connectivity index is 1.47. The zero-order chi connectivity index (χ0) is 17.5. The lowest BCUT2D eigenvalue weighted by atomic mass is 9.99. The number of anilines is 1. The summed E-state index contributed by atoms with van der Waals surface area (Å²) >= 11 is 1.45. The summed E-state index contributed by atoms with van der Waals surface area (Å²) in [4.78, 5) is 17.4. The van der Waals surface area contributed by atoms with Gasteiger partial charge in [-0.3, -0.25) is 10.1 Å². The Morgan fingerprint density at radius 3 is 2.58 bits per heavy atom. The maximum Gasteiger partial charge on any atom is 0.258 e. The molecule has 4 aromatic rings. The number of nitrogens with zero attached hydrogens (tertiary/aromatic N) is 1. The quantitative estimate of drug-likeness (QED) is 0.540. The van der Waals surface area contributed by atoms with Crippen molar-refractivity contribution in [3.05, 3.63) is 82.7 Å². The van der Waals surface area contributed by atoms with Gasteiger partial charge < -0.3 is 0 Å². The molecule has 0 spiro atoms. The first kappa shape index (κ1) is 15.3. The first-order valence-electron chi connectivity index (χ1n) is 8.65. The van der Waals surface area contributed by atoms with E-state index in [0.717, 1.165) is 29.5 Å². The minimum atomic E-state index is -0.102. The monoisotopic (exact) mass is 356 g/mol. The van der Waals surface area contributed by atoms with Crippen molar-refractivity contribution in [2.75, 3.05) is 5.32 Å². The van der Waals surface area contributed by atoms with Crippen molar-refractivity contribution in [1.82, 2.24) is 4.98 Å². The Kier molecular flexibility index (Phi) is 3.57. The van der Waals surface area contributed by atoms with E-state index in [-0.39, 0.29) is 5.91 Å². The molecular formula is C22H16N2OS. The minimum Gasteiger partial charge on any atom is -0.298 e. The highest BCUT2D eigenvalue weighted by Gasteiger charge is 2.19. The van der Waals surface area contributed by atoms with Crippen LogP contribution in [-0.4, -0.2) is 10.9 Å². The smallest absolute Gasteiger partial charge is 0.258 e.